The summed E-state index contributed by atoms with van der Waals surface area (Å²) in [6.07, 6.45) is 2.76. The first-order chi connectivity index (χ1) is 7.56. The maximum absolute atomic E-state index is 10.7. The predicted molar refractivity (Wildman–Crippen MR) is 59.7 cm³/mol. The quantitative estimate of drug-likeness (QED) is 0.746. The van der Waals surface area contributed by atoms with Crippen molar-refractivity contribution in [2.45, 2.75) is 6.92 Å². The second-order valence-electron chi connectivity index (χ2n) is 3.58. The van der Waals surface area contributed by atoms with Crippen LogP contribution in [0.5, 0.6) is 0 Å². The molecule has 2 aromatic rings. The molecule has 0 atom stereocenters. The largest absolute Gasteiger partial charge is 0.478 e. The summed E-state index contributed by atoms with van der Waals surface area (Å²) in [5, 5.41) is 12.7. The van der Waals surface area contributed by atoms with Crippen LogP contribution in [0.3, 0.4) is 0 Å². The van der Waals surface area contributed by atoms with Crippen molar-refractivity contribution in [2.24, 2.45) is 0 Å². The van der Waals surface area contributed by atoms with E-state index in [9.17, 15) is 4.79 Å². The highest BCUT2D eigenvalue weighted by molar-refractivity contribution is 5.87. The van der Waals surface area contributed by atoms with Crippen LogP contribution in [0, 0.1) is 6.92 Å². The molecule has 1 aromatic carbocycles. The Labute approximate surface area is 92.1 Å². The number of nitrogens with zero attached hydrogens (tertiary/aromatic N) is 2. The number of nitrogen functional groups attached to an aromatic ring is 1. The predicted octanol–water partition coefficient (Wildman–Crippen LogP) is 1.46. The number of nitrogens with two attached hydrogens (primary N) is 1. The van der Waals surface area contributed by atoms with Gasteiger partial charge in [-0.3, -0.25) is 0 Å². The van der Waals surface area contributed by atoms with Gasteiger partial charge in [-0.2, -0.15) is 5.10 Å². The Morgan fingerprint density at radius 3 is 2.75 bits per heavy atom. The minimum absolute atomic E-state index is 0.153. The first-order valence-electron chi connectivity index (χ1n) is 4.72. The highest BCUT2D eigenvalue weighted by atomic mass is 16.4. The van der Waals surface area contributed by atoms with E-state index in [4.69, 9.17) is 10.8 Å². The minimum Gasteiger partial charge on any atom is -0.478 e. The summed E-state index contributed by atoms with van der Waals surface area (Å²) in [4.78, 5) is 10.7. The molecule has 2 rings (SSSR count). The summed E-state index contributed by atoms with van der Waals surface area (Å²) in [7, 11) is 0. The lowest BCUT2D eigenvalue weighted by molar-refractivity contribution is 0.0697. The van der Waals surface area contributed by atoms with Crippen LogP contribution in [0.15, 0.2) is 30.6 Å². The number of aromatic nitrogens is 2. The van der Waals surface area contributed by atoms with Crippen LogP contribution >= 0.6 is 0 Å². The average molecular weight is 217 g/mol. The van der Waals surface area contributed by atoms with Gasteiger partial charge in [-0.05, 0) is 30.7 Å². The van der Waals surface area contributed by atoms with Crippen molar-refractivity contribution in [3.05, 3.63) is 41.7 Å². The molecule has 0 aliphatic rings. The summed E-state index contributed by atoms with van der Waals surface area (Å²) < 4.78 is 1.49. The van der Waals surface area contributed by atoms with Gasteiger partial charge in [-0.1, -0.05) is 0 Å². The first kappa shape index (κ1) is 10.2. The molecule has 5 heteroatoms. The van der Waals surface area contributed by atoms with E-state index in [1.165, 1.54) is 17.1 Å². The molecule has 0 fully saturated rings. The molecule has 0 saturated heterocycles. The van der Waals surface area contributed by atoms with Gasteiger partial charge in [-0.25, -0.2) is 9.48 Å². The van der Waals surface area contributed by atoms with E-state index in [0.717, 1.165) is 11.3 Å². The molecule has 0 bridgehead atoms. The molecule has 0 spiro atoms. The van der Waals surface area contributed by atoms with Crippen LogP contribution in [0.25, 0.3) is 5.69 Å². The number of aromatic carboxylic acids is 1. The zero-order valence-corrected chi connectivity index (χ0v) is 8.71. The third kappa shape index (κ3) is 1.88. The lowest BCUT2D eigenvalue weighted by Crippen LogP contribution is -1.98. The SMILES string of the molecule is Cc1cc(N)cc(-n2cc(C(=O)O)cn2)c1. The monoisotopic (exact) mass is 217 g/mol. The molecule has 0 radical (unpaired) electrons. The zero-order valence-electron chi connectivity index (χ0n) is 8.71. The Morgan fingerprint density at radius 1 is 1.44 bits per heavy atom. The number of hydrogen-bond acceptors (Lipinski definition) is 3. The molecule has 82 valence electrons. The molecule has 0 aliphatic carbocycles. The standard InChI is InChI=1S/C11H11N3O2/c1-7-2-9(12)4-10(3-7)14-6-8(5-13-14)11(15)16/h2-6H,12H2,1H3,(H,15,16). The van der Waals surface area contributed by atoms with Gasteiger partial charge in [-0.15, -0.1) is 0 Å². The summed E-state index contributed by atoms with van der Waals surface area (Å²) in [5.74, 6) is -0.994. The molecule has 3 N–H and O–H groups in total. The number of carbonyl (C=O) groups is 1. The van der Waals surface area contributed by atoms with Crippen molar-refractivity contribution in [2.75, 3.05) is 5.73 Å². The summed E-state index contributed by atoms with van der Waals surface area (Å²) in [6, 6.07) is 5.46. The van der Waals surface area contributed by atoms with Crippen molar-refractivity contribution in [3.8, 4) is 5.69 Å². The molecular weight excluding hydrogens is 206 g/mol. The van der Waals surface area contributed by atoms with Gasteiger partial charge >= 0.3 is 5.97 Å². The maximum Gasteiger partial charge on any atom is 0.338 e. The fraction of sp³-hybridized carbons (Fsp3) is 0.0909. The van der Waals surface area contributed by atoms with Gasteiger partial charge in [0, 0.05) is 11.9 Å². The first-order valence-corrected chi connectivity index (χ1v) is 4.72. The van der Waals surface area contributed by atoms with Crippen LogP contribution in [0.4, 0.5) is 5.69 Å². The molecule has 0 aliphatic heterocycles. The smallest absolute Gasteiger partial charge is 0.338 e. The molecule has 0 unspecified atom stereocenters. The highest BCUT2D eigenvalue weighted by Crippen LogP contribution is 2.15. The second-order valence-corrected chi connectivity index (χ2v) is 3.58. The van der Waals surface area contributed by atoms with Gasteiger partial charge in [0.25, 0.3) is 0 Å². The Kier molecular flexibility index (Phi) is 2.36. The second kappa shape index (κ2) is 3.69. The van der Waals surface area contributed by atoms with Crippen molar-refractivity contribution < 1.29 is 9.90 Å². The van der Waals surface area contributed by atoms with E-state index in [0.29, 0.717) is 5.69 Å². The molecule has 0 amide bonds. The van der Waals surface area contributed by atoms with Crippen molar-refractivity contribution >= 4 is 11.7 Å². The normalized spacial score (nSPS) is 10.3. The fourth-order valence-corrected chi connectivity index (χ4v) is 1.50. The molecule has 1 heterocycles. The van der Waals surface area contributed by atoms with E-state index in [-0.39, 0.29) is 5.56 Å². The van der Waals surface area contributed by atoms with E-state index < -0.39 is 5.97 Å². The van der Waals surface area contributed by atoms with E-state index in [2.05, 4.69) is 5.10 Å². The van der Waals surface area contributed by atoms with Crippen LogP contribution in [0.2, 0.25) is 0 Å². The van der Waals surface area contributed by atoms with Crippen LogP contribution in [-0.4, -0.2) is 20.9 Å². The Balaban J connectivity index is 2.46. The average Bonchev–Trinajstić information content (AvgIpc) is 2.64. The van der Waals surface area contributed by atoms with Gasteiger partial charge in [0.1, 0.15) is 0 Å². The topological polar surface area (TPSA) is 81.1 Å². The molecule has 1 aromatic heterocycles. The third-order valence-corrected chi connectivity index (χ3v) is 2.18. The number of carboxylic acid groups (broad SMARTS) is 1. The lowest BCUT2D eigenvalue weighted by Gasteiger charge is -2.04. The Bertz CT molecular complexity index is 526. The number of rotatable bonds is 2. The highest BCUT2D eigenvalue weighted by Gasteiger charge is 2.07. The van der Waals surface area contributed by atoms with E-state index >= 15 is 0 Å². The molecule has 0 saturated carbocycles. The van der Waals surface area contributed by atoms with Crippen molar-refractivity contribution in [1.29, 1.82) is 0 Å². The maximum atomic E-state index is 10.7. The number of carboxylic acids is 1. The van der Waals surface area contributed by atoms with Gasteiger partial charge in [0.2, 0.25) is 0 Å². The molecule has 5 nitrogen and oxygen atoms in total. The van der Waals surface area contributed by atoms with Crippen molar-refractivity contribution in [3.63, 3.8) is 0 Å². The summed E-state index contributed by atoms with van der Waals surface area (Å²) >= 11 is 0. The van der Waals surface area contributed by atoms with Gasteiger partial charge < -0.3 is 10.8 Å². The number of anilines is 1. The van der Waals surface area contributed by atoms with Crippen LogP contribution in [-0.2, 0) is 0 Å². The lowest BCUT2D eigenvalue weighted by atomic mass is 10.2. The van der Waals surface area contributed by atoms with E-state index in [1.807, 2.05) is 19.1 Å². The Morgan fingerprint density at radius 2 is 2.19 bits per heavy atom. The number of hydrogen-bond donors (Lipinski definition) is 2. The fourth-order valence-electron chi connectivity index (χ4n) is 1.50. The summed E-state index contributed by atoms with van der Waals surface area (Å²) in [6.45, 7) is 1.92. The molecular formula is C11H11N3O2. The minimum atomic E-state index is -0.994. The number of aryl methyl sites for hydroxylation is 1. The zero-order chi connectivity index (χ0) is 11.7. The Hall–Kier alpha value is -2.30. The van der Waals surface area contributed by atoms with Gasteiger partial charge in [0.15, 0.2) is 0 Å². The molecule has 16 heavy (non-hydrogen) atoms. The van der Waals surface area contributed by atoms with Crippen molar-refractivity contribution in [1.82, 2.24) is 9.78 Å². The third-order valence-electron chi connectivity index (χ3n) is 2.18. The van der Waals surface area contributed by atoms with Crippen LogP contribution < -0.4 is 5.73 Å². The van der Waals surface area contributed by atoms with Gasteiger partial charge in [0.05, 0.1) is 17.4 Å². The summed E-state index contributed by atoms with van der Waals surface area (Å²) in [5.41, 5.74) is 8.24. The number of benzene rings is 1. The van der Waals surface area contributed by atoms with E-state index in [1.54, 1.807) is 6.07 Å². The van der Waals surface area contributed by atoms with Crippen LogP contribution in [0.1, 0.15) is 15.9 Å².